The van der Waals surface area contributed by atoms with E-state index in [9.17, 15) is 4.79 Å². The number of rotatable bonds is 6. The van der Waals surface area contributed by atoms with Gasteiger partial charge in [0.05, 0.1) is 12.3 Å². The van der Waals surface area contributed by atoms with E-state index >= 15 is 0 Å². The van der Waals surface area contributed by atoms with Crippen LogP contribution in [0.1, 0.15) is 33.4 Å². The third-order valence-corrected chi connectivity index (χ3v) is 2.72. The molecule has 1 rings (SSSR count). The maximum absolute atomic E-state index is 12.2. The van der Waals surface area contributed by atoms with Crippen LogP contribution in [0, 0.1) is 5.92 Å². The lowest BCUT2D eigenvalue weighted by molar-refractivity contribution is -0.151. The first kappa shape index (κ1) is 14.6. The summed E-state index contributed by atoms with van der Waals surface area (Å²) in [6.07, 6.45) is 1.68. The lowest BCUT2D eigenvalue weighted by atomic mass is 9.96. The molecular weight excluding hydrogens is 228 g/mol. The molecule has 4 nitrogen and oxygen atoms in total. The summed E-state index contributed by atoms with van der Waals surface area (Å²) < 4.78 is 5.15. The van der Waals surface area contributed by atoms with Gasteiger partial charge in [0.2, 0.25) is 0 Å². The van der Waals surface area contributed by atoms with Gasteiger partial charge in [-0.3, -0.25) is 10.3 Å². The van der Waals surface area contributed by atoms with Crippen LogP contribution in [-0.4, -0.2) is 24.1 Å². The quantitative estimate of drug-likeness (QED) is 0.786. The van der Waals surface area contributed by atoms with Gasteiger partial charge < -0.3 is 4.74 Å². The minimum atomic E-state index is -0.887. The molecule has 1 heterocycles. The summed E-state index contributed by atoms with van der Waals surface area (Å²) in [6, 6.07) is 5.54. The van der Waals surface area contributed by atoms with Crippen molar-refractivity contribution in [3.8, 4) is 0 Å². The molecule has 0 amide bonds. The molecule has 0 fully saturated rings. The third-order valence-electron chi connectivity index (χ3n) is 2.72. The minimum Gasteiger partial charge on any atom is -0.464 e. The first-order chi connectivity index (χ1) is 8.50. The van der Waals surface area contributed by atoms with Crippen LogP contribution >= 0.6 is 0 Å². The fourth-order valence-corrected chi connectivity index (χ4v) is 1.61. The van der Waals surface area contributed by atoms with Crippen LogP contribution < -0.4 is 5.32 Å². The topological polar surface area (TPSA) is 51.2 Å². The second-order valence-corrected chi connectivity index (χ2v) is 4.84. The van der Waals surface area contributed by atoms with E-state index in [4.69, 9.17) is 4.74 Å². The molecule has 0 aliphatic rings. The second-order valence-electron chi connectivity index (χ2n) is 4.84. The van der Waals surface area contributed by atoms with Gasteiger partial charge in [0.1, 0.15) is 0 Å². The molecule has 0 saturated heterocycles. The summed E-state index contributed by atoms with van der Waals surface area (Å²) in [6.45, 7) is 8.90. The first-order valence-corrected chi connectivity index (χ1v) is 6.34. The van der Waals surface area contributed by atoms with Gasteiger partial charge in [0, 0.05) is 6.20 Å². The Morgan fingerprint density at radius 1 is 1.50 bits per heavy atom. The number of carbonyl (C=O) groups is 1. The van der Waals surface area contributed by atoms with Crippen LogP contribution in [0.3, 0.4) is 0 Å². The summed E-state index contributed by atoms with van der Waals surface area (Å²) in [7, 11) is 0. The molecule has 100 valence electrons. The largest absolute Gasteiger partial charge is 0.464 e. The van der Waals surface area contributed by atoms with Crippen LogP contribution in [0.4, 0.5) is 0 Å². The summed E-state index contributed by atoms with van der Waals surface area (Å²) in [5.41, 5.74) is -0.203. The van der Waals surface area contributed by atoms with Crippen molar-refractivity contribution >= 4 is 5.97 Å². The number of aromatic nitrogens is 1. The van der Waals surface area contributed by atoms with E-state index in [1.165, 1.54) is 0 Å². The average molecular weight is 250 g/mol. The van der Waals surface area contributed by atoms with Gasteiger partial charge in [-0.25, -0.2) is 4.79 Å². The zero-order valence-corrected chi connectivity index (χ0v) is 11.6. The van der Waals surface area contributed by atoms with Crippen molar-refractivity contribution in [1.29, 1.82) is 0 Å². The Kier molecular flexibility index (Phi) is 5.28. The molecule has 1 unspecified atom stereocenters. The highest BCUT2D eigenvalue weighted by Crippen LogP contribution is 2.20. The molecule has 1 aromatic rings. The first-order valence-electron chi connectivity index (χ1n) is 6.34. The van der Waals surface area contributed by atoms with Gasteiger partial charge in [-0.05, 0) is 38.4 Å². The Bertz CT molecular complexity index is 379. The molecule has 1 atom stereocenters. The Labute approximate surface area is 109 Å². The van der Waals surface area contributed by atoms with Crippen LogP contribution in [0.5, 0.6) is 0 Å². The van der Waals surface area contributed by atoms with Crippen molar-refractivity contribution in [3.63, 3.8) is 0 Å². The van der Waals surface area contributed by atoms with E-state index in [0.29, 0.717) is 18.2 Å². The minimum absolute atomic E-state index is 0.288. The van der Waals surface area contributed by atoms with E-state index in [0.717, 1.165) is 6.54 Å². The highest BCUT2D eigenvalue weighted by Gasteiger charge is 2.37. The van der Waals surface area contributed by atoms with Gasteiger partial charge >= 0.3 is 5.97 Å². The van der Waals surface area contributed by atoms with Crippen LogP contribution in [-0.2, 0) is 15.1 Å². The predicted octanol–water partition coefficient (Wildman–Crippen LogP) is 2.11. The summed E-state index contributed by atoms with van der Waals surface area (Å²) in [5.74, 6) is 0.159. The monoisotopic (exact) mass is 250 g/mol. The number of hydrogen-bond donors (Lipinski definition) is 1. The summed E-state index contributed by atoms with van der Waals surface area (Å²) in [5, 5.41) is 3.26. The Morgan fingerprint density at radius 2 is 2.22 bits per heavy atom. The molecule has 4 heteroatoms. The summed E-state index contributed by atoms with van der Waals surface area (Å²) in [4.78, 5) is 16.4. The fourth-order valence-electron chi connectivity index (χ4n) is 1.61. The highest BCUT2D eigenvalue weighted by molar-refractivity contribution is 5.81. The SMILES string of the molecule is CCOC(=O)C(C)(NCC(C)C)c1ccccn1. The zero-order chi connectivity index (χ0) is 13.6. The van der Waals surface area contributed by atoms with Crippen molar-refractivity contribution in [2.75, 3.05) is 13.2 Å². The maximum atomic E-state index is 12.2. The Morgan fingerprint density at radius 3 is 2.72 bits per heavy atom. The number of nitrogens with one attached hydrogen (secondary N) is 1. The number of carbonyl (C=O) groups excluding carboxylic acids is 1. The Hall–Kier alpha value is -1.42. The van der Waals surface area contributed by atoms with Gasteiger partial charge in [0.15, 0.2) is 5.54 Å². The van der Waals surface area contributed by atoms with E-state index in [-0.39, 0.29) is 5.97 Å². The molecule has 1 N–H and O–H groups in total. The third kappa shape index (κ3) is 3.53. The molecular formula is C14H22N2O2. The van der Waals surface area contributed by atoms with Crippen molar-refractivity contribution in [3.05, 3.63) is 30.1 Å². The molecule has 18 heavy (non-hydrogen) atoms. The van der Waals surface area contributed by atoms with Crippen LogP contribution in [0.25, 0.3) is 0 Å². The number of nitrogens with zero attached hydrogens (tertiary/aromatic N) is 1. The van der Waals surface area contributed by atoms with Gasteiger partial charge in [-0.15, -0.1) is 0 Å². The molecule has 0 spiro atoms. The van der Waals surface area contributed by atoms with Crippen molar-refractivity contribution < 1.29 is 9.53 Å². The lowest BCUT2D eigenvalue weighted by Crippen LogP contribution is -2.49. The lowest BCUT2D eigenvalue weighted by Gasteiger charge is -2.28. The van der Waals surface area contributed by atoms with E-state index in [2.05, 4.69) is 24.1 Å². The predicted molar refractivity (Wildman–Crippen MR) is 71.1 cm³/mol. The van der Waals surface area contributed by atoms with E-state index < -0.39 is 5.54 Å². The van der Waals surface area contributed by atoms with Crippen LogP contribution in [0.15, 0.2) is 24.4 Å². The average Bonchev–Trinajstić information content (AvgIpc) is 2.37. The second kappa shape index (κ2) is 6.50. The number of pyridine rings is 1. The van der Waals surface area contributed by atoms with Gasteiger partial charge in [-0.1, -0.05) is 19.9 Å². The molecule has 0 saturated carbocycles. The number of esters is 1. The highest BCUT2D eigenvalue weighted by atomic mass is 16.5. The van der Waals surface area contributed by atoms with Crippen molar-refractivity contribution in [2.45, 2.75) is 33.2 Å². The summed E-state index contributed by atoms with van der Waals surface area (Å²) >= 11 is 0. The smallest absolute Gasteiger partial charge is 0.332 e. The van der Waals surface area contributed by atoms with Crippen molar-refractivity contribution in [1.82, 2.24) is 10.3 Å². The maximum Gasteiger partial charge on any atom is 0.332 e. The Balaban J connectivity index is 2.97. The number of ether oxygens (including phenoxy) is 1. The fraction of sp³-hybridized carbons (Fsp3) is 0.571. The standard InChI is InChI=1S/C14H22N2O2/c1-5-18-13(17)14(4,16-10-11(2)3)12-8-6-7-9-15-12/h6-9,11,16H,5,10H2,1-4H3. The zero-order valence-electron chi connectivity index (χ0n) is 11.6. The van der Waals surface area contributed by atoms with E-state index in [1.807, 2.05) is 25.1 Å². The molecule has 0 aromatic carbocycles. The normalized spacial score (nSPS) is 14.3. The molecule has 0 aliphatic carbocycles. The van der Waals surface area contributed by atoms with E-state index in [1.54, 1.807) is 13.1 Å². The van der Waals surface area contributed by atoms with Gasteiger partial charge in [0.25, 0.3) is 0 Å². The van der Waals surface area contributed by atoms with Crippen LogP contribution in [0.2, 0.25) is 0 Å². The van der Waals surface area contributed by atoms with Crippen molar-refractivity contribution in [2.24, 2.45) is 5.92 Å². The molecule has 1 aromatic heterocycles. The molecule has 0 bridgehead atoms. The van der Waals surface area contributed by atoms with Gasteiger partial charge in [-0.2, -0.15) is 0 Å². The number of hydrogen-bond acceptors (Lipinski definition) is 4. The molecule has 0 aliphatic heterocycles. The molecule has 0 radical (unpaired) electrons.